The molecular formula is C12H17F2N3O3. The predicted octanol–water partition coefficient (Wildman–Crippen LogP) is 1.23. The molecule has 1 aliphatic rings. The van der Waals surface area contributed by atoms with E-state index in [0.717, 1.165) is 6.54 Å². The van der Waals surface area contributed by atoms with Crippen molar-refractivity contribution in [2.45, 2.75) is 38.8 Å². The minimum Gasteiger partial charge on any atom is -0.367 e. The van der Waals surface area contributed by atoms with Crippen molar-refractivity contribution in [2.75, 3.05) is 19.7 Å². The predicted molar refractivity (Wildman–Crippen MR) is 64.4 cm³/mol. The zero-order chi connectivity index (χ0) is 14.7. The Morgan fingerprint density at radius 2 is 2.25 bits per heavy atom. The van der Waals surface area contributed by atoms with E-state index in [2.05, 4.69) is 28.9 Å². The van der Waals surface area contributed by atoms with E-state index in [0.29, 0.717) is 25.0 Å². The second-order valence-electron chi connectivity index (χ2n) is 4.94. The van der Waals surface area contributed by atoms with Gasteiger partial charge in [-0.05, 0) is 13.8 Å². The lowest BCUT2D eigenvalue weighted by Crippen LogP contribution is -2.42. The number of carbonyl (C=O) groups is 1. The van der Waals surface area contributed by atoms with Crippen molar-refractivity contribution in [1.82, 2.24) is 15.0 Å². The van der Waals surface area contributed by atoms with Gasteiger partial charge in [0.1, 0.15) is 6.10 Å². The molecule has 6 nitrogen and oxygen atoms in total. The van der Waals surface area contributed by atoms with E-state index < -0.39 is 18.6 Å². The van der Waals surface area contributed by atoms with E-state index in [-0.39, 0.29) is 12.0 Å². The monoisotopic (exact) mass is 289 g/mol. The molecule has 0 radical (unpaired) electrons. The maximum Gasteiger partial charge on any atom is 0.296 e. The van der Waals surface area contributed by atoms with Gasteiger partial charge in [0.05, 0.1) is 13.0 Å². The number of nitrogens with zero attached hydrogens (tertiary/aromatic N) is 3. The number of ketones is 1. The lowest BCUT2D eigenvalue weighted by molar-refractivity contribution is -0.129. The highest BCUT2D eigenvalue weighted by Gasteiger charge is 2.28. The van der Waals surface area contributed by atoms with Crippen LogP contribution in [0.4, 0.5) is 8.78 Å². The van der Waals surface area contributed by atoms with Crippen molar-refractivity contribution in [2.24, 2.45) is 0 Å². The van der Waals surface area contributed by atoms with Gasteiger partial charge in [-0.1, -0.05) is 5.16 Å². The molecule has 0 amide bonds. The van der Waals surface area contributed by atoms with Crippen molar-refractivity contribution in [3.05, 3.63) is 11.7 Å². The summed E-state index contributed by atoms with van der Waals surface area (Å²) in [6.45, 7) is 6.13. The Kier molecular flexibility index (Phi) is 4.77. The minimum atomic E-state index is -3.02. The molecule has 0 saturated carbocycles. The molecule has 2 heterocycles. The fourth-order valence-electron chi connectivity index (χ4n) is 1.99. The van der Waals surface area contributed by atoms with Crippen molar-refractivity contribution in [3.8, 4) is 0 Å². The molecule has 0 spiro atoms. The molecule has 1 aromatic heterocycles. The van der Waals surface area contributed by atoms with E-state index in [1.807, 2.05) is 0 Å². The van der Waals surface area contributed by atoms with Gasteiger partial charge in [-0.2, -0.15) is 4.98 Å². The van der Waals surface area contributed by atoms with Gasteiger partial charge < -0.3 is 9.26 Å². The molecule has 1 saturated heterocycles. The van der Waals surface area contributed by atoms with E-state index in [1.165, 1.54) is 0 Å². The van der Waals surface area contributed by atoms with Crippen LogP contribution in [0.5, 0.6) is 0 Å². The Bertz CT molecular complexity index is 465. The minimum absolute atomic E-state index is 0.101. The van der Waals surface area contributed by atoms with Crippen LogP contribution < -0.4 is 0 Å². The first-order chi connectivity index (χ1) is 9.47. The number of aromatic nitrogens is 2. The number of ether oxygens (including phenoxy) is 1. The second kappa shape index (κ2) is 6.36. The molecule has 0 aromatic carbocycles. The van der Waals surface area contributed by atoms with E-state index in [4.69, 9.17) is 9.26 Å². The Morgan fingerprint density at radius 1 is 1.50 bits per heavy atom. The van der Waals surface area contributed by atoms with Gasteiger partial charge >= 0.3 is 0 Å². The average Bonchev–Trinajstić information content (AvgIpc) is 2.87. The van der Waals surface area contributed by atoms with Crippen molar-refractivity contribution in [3.63, 3.8) is 0 Å². The maximum atomic E-state index is 12.1. The Labute approximate surface area is 115 Å². The summed E-state index contributed by atoms with van der Waals surface area (Å²) < 4.78 is 34.7. The normalized spacial score (nSPS) is 20.8. The number of hydrogen-bond acceptors (Lipinski definition) is 6. The first kappa shape index (κ1) is 15.0. The topological polar surface area (TPSA) is 68.5 Å². The van der Waals surface area contributed by atoms with Crippen LogP contribution in [0.3, 0.4) is 0 Å². The highest BCUT2D eigenvalue weighted by molar-refractivity contribution is 5.82. The van der Waals surface area contributed by atoms with E-state index in [9.17, 15) is 13.6 Å². The largest absolute Gasteiger partial charge is 0.367 e. The van der Waals surface area contributed by atoms with Gasteiger partial charge in [0.2, 0.25) is 17.5 Å². The molecule has 0 N–H and O–H groups in total. The summed E-state index contributed by atoms with van der Waals surface area (Å²) in [4.78, 5) is 17.1. The summed E-state index contributed by atoms with van der Waals surface area (Å²) >= 11 is 0. The molecule has 1 unspecified atom stereocenters. The molecule has 8 heteroatoms. The second-order valence-corrected chi connectivity index (χ2v) is 4.94. The molecule has 0 bridgehead atoms. The fraction of sp³-hybridized carbons (Fsp3) is 0.750. The standard InChI is InChI=1S/C12H17F2N3O3/c1-7(2)17-3-4-19-9(6-17)12-15-10(20-16-12)5-8(18)11(13)14/h7,9,11H,3-6H2,1-2H3. The Morgan fingerprint density at radius 3 is 2.90 bits per heavy atom. The lowest BCUT2D eigenvalue weighted by atomic mass is 10.2. The lowest BCUT2D eigenvalue weighted by Gasteiger charge is -2.34. The third-order valence-electron chi connectivity index (χ3n) is 3.17. The fourth-order valence-corrected chi connectivity index (χ4v) is 1.99. The van der Waals surface area contributed by atoms with Crippen LogP contribution in [0.2, 0.25) is 0 Å². The van der Waals surface area contributed by atoms with Crippen LogP contribution in [0.15, 0.2) is 4.52 Å². The molecule has 1 fully saturated rings. The van der Waals surface area contributed by atoms with Crippen LogP contribution in [-0.4, -0.2) is 53.0 Å². The quantitative estimate of drug-likeness (QED) is 0.812. The highest BCUT2D eigenvalue weighted by atomic mass is 19.3. The van der Waals surface area contributed by atoms with Crippen LogP contribution in [0, 0.1) is 0 Å². The van der Waals surface area contributed by atoms with E-state index >= 15 is 0 Å². The number of rotatable bonds is 5. The molecule has 20 heavy (non-hydrogen) atoms. The number of halogens is 2. The van der Waals surface area contributed by atoms with Gasteiger partial charge in [-0.15, -0.1) is 0 Å². The molecule has 2 rings (SSSR count). The molecular weight excluding hydrogens is 272 g/mol. The zero-order valence-electron chi connectivity index (χ0n) is 11.4. The van der Waals surface area contributed by atoms with Crippen LogP contribution in [-0.2, 0) is 16.0 Å². The first-order valence-corrected chi connectivity index (χ1v) is 6.46. The van der Waals surface area contributed by atoms with Gasteiger partial charge in [-0.25, -0.2) is 8.78 Å². The van der Waals surface area contributed by atoms with E-state index in [1.54, 1.807) is 0 Å². The zero-order valence-corrected chi connectivity index (χ0v) is 11.4. The maximum absolute atomic E-state index is 12.1. The number of carbonyl (C=O) groups excluding carboxylic acids is 1. The third-order valence-corrected chi connectivity index (χ3v) is 3.17. The molecule has 1 aliphatic heterocycles. The molecule has 1 atom stereocenters. The van der Waals surface area contributed by atoms with Crippen LogP contribution in [0.25, 0.3) is 0 Å². The molecule has 0 aliphatic carbocycles. The Balaban J connectivity index is 1.99. The third kappa shape index (κ3) is 3.57. The number of Topliss-reactive ketones (excluding diaryl/α,β-unsaturated/α-hetero) is 1. The van der Waals surface area contributed by atoms with Gasteiger partial charge in [0.15, 0.2) is 0 Å². The number of hydrogen-bond donors (Lipinski definition) is 0. The highest BCUT2D eigenvalue weighted by Crippen LogP contribution is 2.21. The molecule has 1 aromatic rings. The summed E-state index contributed by atoms with van der Waals surface area (Å²) in [6.07, 6.45) is -3.93. The number of alkyl halides is 2. The van der Waals surface area contributed by atoms with Crippen molar-refractivity contribution < 1.29 is 22.8 Å². The average molecular weight is 289 g/mol. The van der Waals surface area contributed by atoms with Gasteiger partial charge in [0.25, 0.3) is 6.43 Å². The summed E-state index contributed by atoms with van der Waals surface area (Å²) in [6, 6.07) is 0.369. The summed E-state index contributed by atoms with van der Waals surface area (Å²) in [7, 11) is 0. The molecule has 112 valence electrons. The van der Waals surface area contributed by atoms with Gasteiger partial charge in [0, 0.05) is 19.1 Å². The Hall–Kier alpha value is -1.41. The smallest absolute Gasteiger partial charge is 0.296 e. The summed E-state index contributed by atoms with van der Waals surface area (Å²) in [5, 5.41) is 3.71. The van der Waals surface area contributed by atoms with Crippen LogP contribution in [0.1, 0.15) is 31.7 Å². The summed E-state index contributed by atoms with van der Waals surface area (Å²) in [5.74, 6) is -1.03. The number of morpholine rings is 1. The first-order valence-electron chi connectivity index (χ1n) is 6.46. The van der Waals surface area contributed by atoms with Gasteiger partial charge in [-0.3, -0.25) is 9.69 Å². The van der Waals surface area contributed by atoms with Crippen LogP contribution >= 0.6 is 0 Å². The van der Waals surface area contributed by atoms with Crippen molar-refractivity contribution >= 4 is 5.78 Å². The van der Waals surface area contributed by atoms with Crippen molar-refractivity contribution in [1.29, 1.82) is 0 Å². The SMILES string of the molecule is CC(C)N1CCOC(c2noc(CC(=O)C(F)F)n2)C1. The summed E-state index contributed by atoms with van der Waals surface area (Å²) in [5.41, 5.74) is 0.